The molecular formula is C40H60O4. The maximum Gasteiger partial charge on any atom is 0.309 e. The topological polar surface area (TPSA) is 74.6 Å². The van der Waals surface area contributed by atoms with Gasteiger partial charge in [0.05, 0.1) is 10.8 Å². The third kappa shape index (κ3) is 5.28. The first-order valence-corrected chi connectivity index (χ1v) is 17.8. The number of allylic oxidation sites excluding steroid dienone is 7. The summed E-state index contributed by atoms with van der Waals surface area (Å²) < 4.78 is 0. The zero-order valence-corrected chi connectivity index (χ0v) is 28.8. The molecule has 2 N–H and O–H groups in total. The fraction of sp³-hybridized carbons (Fsp3) is 0.750. The number of hydrogen-bond donors (Lipinski definition) is 2. The number of hydrogen-bond acceptors (Lipinski definition) is 2. The van der Waals surface area contributed by atoms with E-state index < -0.39 is 22.8 Å². The molecule has 4 heteroatoms. The number of carbonyl (C=O) groups is 2. The third-order valence-electron chi connectivity index (χ3n) is 14.5. The quantitative estimate of drug-likeness (QED) is 0.313. The van der Waals surface area contributed by atoms with Crippen LogP contribution >= 0.6 is 0 Å². The van der Waals surface area contributed by atoms with Crippen molar-refractivity contribution >= 4 is 11.9 Å². The van der Waals surface area contributed by atoms with Crippen LogP contribution in [0, 0.1) is 56.7 Å². The van der Waals surface area contributed by atoms with E-state index in [9.17, 15) is 19.8 Å². The molecule has 0 radical (unpaired) electrons. The maximum absolute atomic E-state index is 12.0. The lowest BCUT2D eigenvalue weighted by Crippen LogP contribution is -2.54. The molecule has 6 aliphatic rings. The van der Waals surface area contributed by atoms with Gasteiger partial charge < -0.3 is 10.2 Å². The van der Waals surface area contributed by atoms with Crippen LogP contribution in [-0.4, -0.2) is 22.2 Å². The summed E-state index contributed by atoms with van der Waals surface area (Å²) in [7, 11) is 0. The molecule has 44 heavy (non-hydrogen) atoms. The first-order chi connectivity index (χ1) is 20.5. The Kier molecular flexibility index (Phi) is 8.78. The highest BCUT2D eigenvalue weighted by Gasteiger charge is 2.59. The van der Waals surface area contributed by atoms with Crippen molar-refractivity contribution in [3.63, 3.8) is 0 Å². The Balaban J connectivity index is 0.000000175. The molecule has 0 aromatic carbocycles. The van der Waals surface area contributed by atoms with Crippen LogP contribution in [0.25, 0.3) is 0 Å². The fourth-order valence-corrected chi connectivity index (χ4v) is 11.5. The van der Waals surface area contributed by atoms with Crippen molar-refractivity contribution in [3.8, 4) is 0 Å². The summed E-state index contributed by atoms with van der Waals surface area (Å²) in [6.45, 7) is 19.6. The van der Waals surface area contributed by atoms with Gasteiger partial charge in [0.2, 0.25) is 0 Å². The average Bonchev–Trinajstić information content (AvgIpc) is 2.96. The van der Waals surface area contributed by atoms with Crippen LogP contribution in [0.15, 0.2) is 47.6 Å². The van der Waals surface area contributed by atoms with E-state index in [4.69, 9.17) is 0 Å². The lowest BCUT2D eigenvalue weighted by Gasteiger charge is -2.59. The Bertz CT molecular complexity index is 1270. The predicted molar refractivity (Wildman–Crippen MR) is 179 cm³/mol. The smallest absolute Gasteiger partial charge is 0.309 e. The van der Waals surface area contributed by atoms with E-state index in [0.29, 0.717) is 23.7 Å². The minimum atomic E-state index is -0.588. The van der Waals surface area contributed by atoms with E-state index in [-0.39, 0.29) is 22.2 Å². The molecule has 0 saturated heterocycles. The van der Waals surface area contributed by atoms with Crippen molar-refractivity contribution in [1.29, 1.82) is 0 Å². The molecule has 0 aliphatic heterocycles. The van der Waals surface area contributed by atoms with Crippen LogP contribution in [-0.2, 0) is 9.59 Å². The first-order valence-electron chi connectivity index (χ1n) is 17.8. The molecule has 3 saturated carbocycles. The monoisotopic (exact) mass is 604 g/mol. The molecule has 4 nitrogen and oxygen atoms in total. The van der Waals surface area contributed by atoms with E-state index in [1.807, 2.05) is 13.8 Å². The average molecular weight is 605 g/mol. The van der Waals surface area contributed by atoms with Crippen molar-refractivity contribution in [2.24, 2.45) is 56.7 Å². The van der Waals surface area contributed by atoms with Crippen LogP contribution in [0.2, 0.25) is 0 Å². The molecule has 0 bridgehead atoms. The normalized spacial score (nSPS) is 44.6. The second kappa shape index (κ2) is 11.6. The molecule has 244 valence electrons. The molecule has 0 aromatic heterocycles. The molecule has 9 unspecified atom stereocenters. The van der Waals surface area contributed by atoms with E-state index in [2.05, 4.69) is 65.5 Å². The van der Waals surface area contributed by atoms with Gasteiger partial charge in [-0.2, -0.15) is 0 Å². The highest BCUT2D eigenvalue weighted by molar-refractivity contribution is 5.75. The Labute approximate surface area is 267 Å². The van der Waals surface area contributed by atoms with Gasteiger partial charge in [-0.15, -0.1) is 6.58 Å². The zero-order chi connectivity index (χ0) is 32.3. The van der Waals surface area contributed by atoms with Gasteiger partial charge in [-0.1, -0.05) is 82.9 Å². The SMILES string of the molecule is C=CC1(C)C=C2CCC3C(C)(C(=O)O)CCCC3(C)C2CC1.CC(C)C1=CC2=CCC3C(C)(C(=O)O)CCCC3(C)C2CC1. The van der Waals surface area contributed by atoms with Gasteiger partial charge >= 0.3 is 11.9 Å². The molecule has 0 aromatic rings. The van der Waals surface area contributed by atoms with E-state index >= 15 is 0 Å². The summed E-state index contributed by atoms with van der Waals surface area (Å²) in [4.78, 5) is 23.9. The van der Waals surface area contributed by atoms with Crippen LogP contribution in [0.1, 0.15) is 132 Å². The van der Waals surface area contributed by atoms with Gasteiger partial charge in [0.15, 0.2) is 0 Å². The minimum absolute atomic E-state index is 0.139. The third-order valence-corrected chi connectivity index (χ3v) is 14.5. The highest BCUT2D eigenvalue weighted by atomic mass is 16.4. The molecule has 3 fully saturated rings. The predicted octanol–water partition coefficient (Wildman–Crippen LogP) is 10.4. The van der Waals surface area contributed by atoms with Crippen LogP contribution < -0.4 is 0 Å². The second-order valence-electron chi connectivity index (χ2n) is 17.2. The Morgan fingerprint density at radius 1 is 0.818 bits per heavy atom. The summed E-state index contributed by atoms with van der Waals surface area (Å²) in [6.07, 6.45) is 23.3. The van der Waals surface area contributed by atoms with Crippen molar-refractivity contribution in [1.82, 2.24) is 0 Å². The molecule has 0 spiro atoms. The molecule has 9 atom stereocenters. The summed E-state index contributed by atoms with van der Waals surface area (Å²) in [6, 6.07) is 0. The van der Waals surface area contributed by atoms with Gasteiger partial charge in [-0.05, 0) is 130 Å². The molecule has 6 rings (SSSR count). The molecule has 0 heterocycles. The lowest BCUT2D eigenvalue weighted by molar-refractivity contribution is -0.164. The molecule has 0 amide bonds. The van der Waals surface area contributed by atoms with Gasteiger partial charge in [0.25, 0.3) is 0 Å². The summed E-state index contributed by atoms with van der Waals surface area (Å²) in [5.74, 6) is 1.21. The Morgan fingerprint density at radius 2 is 1.41 bits per heavy atom. The van der Waals surface area contributed by atoms with E-state index in [1.54, 1.807) is 11.1 Å². The van der Waals surface area contributed by atoms with Crippen molar-refractivity contribution in [3.05, 3.63) is 47.6 Å². The minimum Gasteiger partial charge on any atom is -0.481 e. The molecule has 6 aliphatic carbocycles. The highest BCUT2D eigenvalue weighted by Crippen LogP contribution is 2.64. The zero-order valence-electron chi connectivity index (χ0n) is 28.8. The lowest BCUT2D eigenvalue weighted by atomic mass is 9.45. The number of rotatable bonds is 4. The van der Waals surface area contributed by atoms with Crippen LogP contribution in [0.3, 0.4) is 0 Å². The first kappa shape index (κ1) is 33.3. The maximum atomic E-state index is 12.0. The van der Waals surface area contributed by atoms with Crippen molar-refractivity contribution < 1.29 is 19.8 Å². The standard InChI is InChI=1S/2C20H30O2/c1-13(2)14-6-8-16-15(12-14)7-9-17-19(16,3)10-5-11-20(17,4)18(21)22;1-5-18(2)12-9-15-14(13-18)7-8-16-19(15,3)10-6-11-20(16,4)17(21)22/h7,12-13,16-17H,5-6,8-11H2,1-4H3,(H,21,22);5,13,15-16H,1,6-12H2,2-4H3,(H,21,22). The Hall–Kier alpha value is -2.10. The van der Waals surface area contributed by atoms with Gasteiger partial charge in [-0.3, -0.25) is 9.59 Å². The second-order valence-corrected chi connectivity index (χ2v) is 17.2. The van der Waals surface area contributed by atoms with Crippen LogP contribution in [0.5, 0.6) is 0 Å². The van der Waals surface area contributed by atoms with Gasteiger partial charge in [-0.25, -0.2) is 0 Å². The van der Waals surface area contributed by atoms with E-state index in [1.165, 1.54) is 37.7 Å². The summed E-state index contributed by atoms with van der Waals surface area (Å²) >= 11 is 0. The van der Waals surface area contributed by atoms with Gasteiger partial charge in [0, 0.05) is 5.41 Å². The van der Waals surface area contributed by atoms with E-state index in [0.717, 1.165) is 51.4 Å². The largest absolute Gasteiger partial charge is 0.481 e. The summed E-state index contributed by atoms with van der Waals surface area (Å²) in [5.41, 5.74) is 4.05. The fourth-order valence-electron chi connectivity index (χ4n) is 11.5. The number of fused-ring (bicyclic) bond motifs is 6. The number of carboxylic acid groups (broad SMARTS) is 2. The number of aliphatic carboxylic acids is 2. The van der Waals surface area contributed by atoms with Gasteiger partial charge in [0.1, 0.15) is 0 Å². The summed E-state index contributed by atoms with van der Waals surface area (Å²) in [5, 5.41) is 19.7. The Morgan fingerprint density at radius 3 is 1.98 bits per heavy atom. The van der Waals surface area contributed by atoms with Crippen molar-refractivity contribution in [2.75, 3.05) is 0 Å². The van der Waals surface area contributed by atoms with Crippen molar-refractivity contribution in [2.45, 2.75) is 132 Å². The number of carboxylic acids is 2. The molecular weight excluding hydrogens is 544 g/mol. The van der Waals surface area contributed by atoms with Crippen LogP contribution in [0.4, 0.5) is 0 Å².